The fraction of sp³-hybridized carbons (Fsp3) is 0.200. The van der Waals surface area contributed by atoms with E-state index in [0.717, 1.165) is 13.2 Å². The summed E-state index contributed by atoms with van der Waals surface area (Å²) in [6.45, 7) is 0. The van der Waals surface area contributed by atoms with Crippen molar-refractivity contribution in [1.82, 2.24) is 0 Å². The van der Waals surface area contributed by atoms with Gasteiger partial charge in [0, 0.05) is 18.8 Å². The van der Waals surface area contributed by atoms with Crippen LogP contribution in [0, 0.1) is 5.82 Å². The Balaban J connectivity index is 3.50. The molecule has 0 bridgehead atoms. The summed E-state index contributed by atoms with van der Waals surface area (Å²) >= 11 is 0. The number of aliphatic imine (C=N–C) groups is 1. The predicted molar refractivity (Wildman–Crippen MR) is 61.1 cm³/mol. The quantitative estimate of drug-likeness (QED) is 0.331. The molecule has 0 aliphatic heterocycles. The fourth-order valence-corrected chi connectivity index (χ4v) is 1.29. The standard InChI is InChI=1S/C10H10BFN2O2/c1-14-4-5-6(11)3-7(12)8(9(5)13)10(15)16-2/h3-4H,13H2,1-2H3. The first-order valence-corrected chi connectivity index (χ1v) is 4.40. The average Bonchev–Trinajstić information content (AvgIpc) is 2.23. The van der Waals surface area contributed by atoms with Crippen molar-refractivity contribution in [3.63, 3.8) is 0 Å². The van der Waals surface area contributed by atoms with Gasteiger partial charge in [-0.1, -0.05) is 5.46 Å². The molecule has 2 N–H and O–H groups in total. The smallest absolute Gasteiger partial charge is 0.342 e. The van der Waals surface area contributed by atoms with E-state index >= 15 is 0 Å². The van der Waals surface area contributed by atoms with Gasteiger partial charge in [-0.25, -0.2) is 9.18 Å². The number of hydrogen-bond acceptors (Lipinski definition) is 4. The summed E-state index contributed by atoms with van der Waals surface area (Å²) in [5.41, 5.74) is 5.66. The van der Waals surface area contributed by atoms with Gasteiger partial charge in [0.2, 0.25) is 0 Å². The molecule has 0 atom stereocenters. The van der Waals surface area contributed by atoms with Crippen LogP contribution < -0.4 is 11.2 Å². The Hall–Kier alpha value is -1.85. The largest absolute Gasteiger partial charge is 0.465 e. The number of nitrogens with zero attached hydrogens (tertiary/aromatic N) is 1. The summed E-state index contributed by atoms with van der Waals surface area (Å²) in [6, 6.07) is 1.01. The van der Waals surface area contributed by atoms with E-state index in [4.69, 9.17) is 13.6 Å². The van der Waals surface area contributed by atoms with Crippen molar-refractivity contribution in [2.75, 3.05) is 19.9 Å². The molecule has 0 spiro atoms. The van der Waals surface area contributed by atoms with Crippen molar-refractivity contribution in [3.05, 3.63) is 23.0 Å². The second kappa shape index (κ2) is 4.78. The number of methoxy groups -OCH3 is 1. The van der Waals surface area contributed by atoms with Crippen LogP contribution in [0.4, 0.5) is 10.1 Å². The summed E-state index contributed by atoms with van der Waals surface area (Å²) in [5, 5.41) is 0. The molecular formula is C10H10BFN2O2. The van der Waals surface area contributed by atoms with Crippen LogP contribution in [0.3, 0.4) is 0 Å². The van der Waals surface area contributed by atoms with E-state index in [1.165, 1.54) is 13.3 Å². The Bertz CT molecular complexity index is 461. The van der Waals surface area contributed by atoms with Crippen LogP contribution in [-0.2, 0) is 4.74 Å². The van der Waals surface area contributed by atoms with Crippen LogP contribution in [0.15, 0.2) is 11.1 Å². The third kappa shape index (κ3) is 2.05. The highest BCUT2D eigenvalue weighted by molar-refractivity contribution is 6.36. The summed E-state index contributed by atoms with van der Waals surface area (Å²) in [6.07, 6.45) is 1.36. The molecule has 0 unspecified atom stereocenters. The number of carbonyl (C=O) groups excluding carboxylic acids is 1. The summed E-state index contributed by atoms with van der Waals surface area (Å²) < 4.78 is 17.9. The van der Waals surface area contributed by atoms with Crippen LogP contribution in [0.1, 0.15) is 15.9 Å². The van der Waals surface area contributed by atoms with Crippen molar-refractivity contribution in [3.8, 4) is 0 Å². The van der Waals surface area contributed by atoms with E-state index in [1.807, 2.05) is 0 Å². The molecule has 6 heteroatoms. The minimum absolute atomic E-state index is 0.0741. The van der Waals surface area contributed by atoms with Crippen LogP contribution in [0.5, 0.6) is 0 Å². The highest BCUT2D eigenvalue weighted by Crippen LogP contribution is 2.19. The second-order valence-electron chi connectivity index (χ2n) is 3.03. The third-order valence-electron chi connectivity index (χ3n) is 2.04. The lowest BCUT2D eigenvalue weighted by Crippen LogP contribution is -2.20. The van der Waals surface area contributed by atoms with E-state index in [2.05, 4.69) is 9.73 Å². The number of hydrogen-bond donors (Lipinski definition) is 1. The summed E-state index contributed by atoms with van der Waals surface area (Å²) in [4.78, 5) is 15.0. The second-order valence-corrected chi connectivity index (χ2v) is 3.03. The minimum Gasteiger partial charge on any atom is -0.465 e. The third-order valence-corrected chi connectivity index (χ3v) is 2.04. The maximum Gasteiger partial charge on any atom is 0.342 e. The van der Waals surface area contributed by atoms with Crippen LogP contribution in [-0.4, -0.2) is 34.2 Å². The van der Waals surface area contributed by atoms with Gasteiger partial charge >= 0.3 is 5.97 Å². The zero-order chi connectivity index (χ0) is 12.3. The van der Waals surface area contributed by atoms with Gasteiger partial charge in [-0.05, 0) is 6.07 Å². The van der Waals surface area contributed by atoms with Crippen molar-refractivity contribution in [1.29, 1.82) is 0 Å². The van der Waals surface area contributed by atoms with Crippen molar-refractivity contribution in [2.45, 2.75) is 0 Å². The molecule has 2 radical (unpaired) electrons. The molecule has 82 valence electrons. The number of rotatable bonds is 2. The maximum absolute atomic E-state index is 13.5. The van der Waals surface area contributed by atoms with Crippen LogP contribution in [0.2, 0.25) is 0 Å². The molecule has 0 fully saturated rings. The lowest BCUT2D eigenvalue weighted by Gasteiger charge is -2.10. The molecule has 4 nitrogen and oxygen atoms in total. The Kier molecular flexibility index (Phi) is 3.66. The highest BCUT2D eigenvalue weighted by atomic mass is 19.1. The molecule has 0 saturated heterocycles. The molecule has 16 heavy (non-hydrogen) atoms. The average molecular weight is 220 g/mol. The number of anilines is 1. The van der Waals surface area contributed by atoms with Gasteiger partial charge in [-0.3, -0.25) is 4.99 Å². The highest BCUT2D eigenvalue weighted by Gasteiger charge is 2.19. The molecular weight excluding hydrogens is 210 g/mol. The maximum atomic E-state index is 13.5. The van der Waals surface area contributed by atoms with Gasteiger partial charge < -0.3 is 10.5 Å². The number of benzene rings is 1. The lowest BCUT2D eigenvalue weighted by atomic mass is 9.88. The Morgan fingerprint density at radius 1 is 1.69 bits per heavy atom. The molecule has 1 aromatic carbocycles. The number of nitrogens with two attached hydrogens (primary N) is 1. The number of ether oxygens (including phenoxy) is 1. The fourth-order valence-electron chi connectivity index (χ4n) is 1.29. The molecule has 0 heterocycles. The predicted octanol–water partition coefficient (Wildman–Crippen LogP) is 0.0370. The Labute approximate surface area is 93.7 Å². The van der Waals surface area contributed by atoms with Gasteiger partial charge in [0.1, 0.15) is 19.2 Å². The van der Waals surface area contributed by atoms with Gasteiger partial charge in [0.05, 0.1) is 12.8 Å². The Morgan fingerprint density at radius 2 is 2.31 bits per heavy atom. The topological polar surface area (TPSA) is 64.7 Å². The molecule has 0 amide bonds. The molecule has 0 aliphatic rings. The zero-order valence-corrected chi connectivity index (χ0v) is 8.95. The van der Waals surface area contributed by atoms with E-state index < -0.39 is 11.8 Å². The first kappa shape index (κ1) is 12.2. The van der Waals surface area contributed by atoms with E-state index in [-0.39, 0.29) is 16.7 Å². The van der Waals surface area contributed by atoms with E-state index in [0.29, 0.717) is 5.56 Å². The summed E-state index contributed by atoms with van der Waals surface area (Å²) in [7, 11) is 8.21. The number of halogens is 1. The SMILES string of the molecule is [B]c1cc(F)c(C(=O)OC)c(N)c1C=NC. The normalized spacial score (nSPS) is 10.7. The first-order valence-electron chi connectivity index (χ1n) is 4.40. The minimum atomic E-state index is -0.847. The van der Waals surface area contributed by atoms with Gasteiger partial charge in [-0.2, -0.15) is 0 Å². The number of carbonyl (C=O) groups is 1. The number of esters is 1. The molecule has 1 aromatic rings. The van der Waals surface area contributed by atoms with Crippen molar-refractivity contribution >= 4 is 31.2 Å². The van der Waals surface area contributed by atoms with Crippen molar-refractivity contribution < 1.29 is 13.9 Å². The van der Waals surface area contributed by atoms with Gasteiger partial charge in [0.15, 0.2) is 0 Å². The van der Waals surface area contributed by atoms with Crippen molar-refractivity contribution in [2.24, 2.45) is 4.99 Å². The van der Waals surface area contributed by atoms with Gasteiger partial charge in [-0.15, -0.1) is 0 Å². The Morgan fingerprint density at radius 3 is 2.81 bits per heavy atom. The molecule has 1 rings (SSSR count). The first-order chi connectivity index (χ1) is 7.52. The lowest BCUT2D eigenvalue weighted by molar-refractivity contribution is 0.0597. The molecule has 0 saturated carbocycles. The van der Waals surface area contributed by atoms with Crippen LogP contribution >= 0.6 is 0 Å². The molecule has 0 aromatic heterocycles. The zero-order valence-electron chi connectivity index (χ0n) is 8.95. The number of nitrogen functional groups attached to an aromatic ring is 1. The van der Waals surface area contributed by atoms with Gasteiger partial charge in [0.25, 0.3) is 0 Å². The van der Waals surface area contributed by atoms with Crippen LogP contribution in [0.25, 0.3) is 0 Å². The van der Waals surface area contributed by atoms with E-state index in [9.17, 15) is 9.18 Å². The summed E-state index contributed by atoms with van der Waals surface area (Å²) in [5.74, 6) is -1.66. The monoisotopic (exact) mass is 220 g/mol. The van der Waals surface area contributed by atoms with E-state index in [1.54, 1.807) is 0 Å². The molecule has 0 aliphatic carbocycles.